The Morgan fingerprint density at radius 2 is 2.32 bits per heavy atom. The van der Waals surface area contributed by atoms with Gasteiger partial charge in [0.05, 0.1) is 11.6 Å². The van der Waals surface area contributed by atoms with Gasteiger partial charge in [-0.25, -0.2) is 4.39 Å². The minimum atomic E-state index is -0.298. The van der Waals surface area contributed by atoms with Gasteiger partial charge in [-0.2, -0.15) is 5.26 Å². The minimum Gasteiger partial charge on any atom is -0.329 e. The molecule has 0 aliphatic carbocycles. The molecule has 1 aromatic rings. The van der Waals surface area contributed by atoms with Crippen LogP contribution in [0.2, 0.25) is 0 Å². The first-order valence-electron chi connectivity index (χ1n) is 6.76. The minimum absolute atomic E-state index is 0.298. The van der Waals surface area contributed by atoms with Gasteiger partial charge in [-0.1, -0.05) is 13.0 Å². The van der Waals surface area contributed by atoms with E-state index >= 15 is 0 Å². The van der Waals surface area contributed by atoms with Crippen LogP contribution in [-0.4, -0.2) is 24.0 Å². The third kappa shape index (κ3) is 3.31. The SMILES string of the molecule is CC1CCN(Cc2ccc(C#N)cc2F)C(CN)C1. The van der Waals surface area contributed by atoms with Crippen LogP contribution in [0.5, 0.6) is 0 Å². The first-order chi connectivity index (χ1) is 9.13. The van der Waals surface area contributed by atoms with Gasteiger partial charge >= 0.3 is 0 Å². The van der Waals surface area contributed by atoms with Crippen molar-refractivity contribution in [3.63, 3.8) is 0 Å². The van der Waals surface area contributed by atoms with Crippen molar-refractivity contribution in [1.82, 2.24) is 4.90 Å². The van der Waals surface area contributed by atoms with Crippen LogP contribution in [0, 0.1) is 23.1 Å². The largest absolute Gasteiger partial charge is 0.329 e. The van der Waals surface area contributed by atoms with Crippen molar-refractivity contribution >= 4 is 0 Å². The molecule has 0 radical (unpaired) electrons. The summed E-state index contributed by atoms with van der Waals surface area (Å²) in [6.45, 7) is 4.39. The van der Waals surface area contributed by atoms with Crippen molar-refractivity contribution in [2.24, 2.45) is 11.7 Å². The van der Waals surface area contributed by atoms with Crippen molar-refractivity contribution in [2.45, 2.75) is 32.4 Å². The molecule has 1 aromatic carbocycles. The smallest absolute Gasteiger partial charge is 0.129 e. The quantitative estimate of drug-likeness (QED) is 0.908. The maximum atomic E-state index is 13.9. The van der Waals surface area contributed by atoms with E-state index in [-0.39, 0.29) is 5.82 Å². The summed E-state index contributed by atoms with van der Waals surface area (Å²) in [5.74, 6) is 0.393. The summed E-state index contributed by atoms with van der Waals surface area (Å²) in [6, 6.07) is 6.96. The maximum Gasteiger partial charge on any atom is 0.129 e. The molecular formula is C15H20FN3. The zero-order chi connectivity index (χ0) is 13.8. The predicted octanol–water partition coefficient (Wildman–Crippen LogP) is 2.26. The van der Waals surface area contributed by atoms with E-state index in [1.807, 2.05) is 6.07 Å². The van der Waals surface area contributed by atoms with Gasteiger partial charge < -0.3 is 5.73 Å². The van der Waals surface area contributed by atoms with Crippen LogP contribution in [0.4, 0.5) is 4.39 Å². The second-order valence-corrected chi connectivity index (χ2v) is 5.41. The highest BCUT2D eigenvalue weighted by Crippen LogP contribution is 2.24. The van der Waals surface area contributed by atoms with Crippen LogP contribution in [0.1, 0.15) is 30.9 Å². The summed E-state index contributed by atoms with van der Waals surface area (Å²) in [7, 11) is 0. The van der Waals surface area contributed by atoms with Gasteiger partial charge in [-0.05, 0) is 37.4 Å². The summed E-state index contributed by atoms with van der Waals surface area (Å²) in [5.41, 5.74) is 6.82. The van der Waals surface area contributed by atoms with Crippen LogP contribution in [0.3, 0.4) is 0 Å². The zero-order valence-electron chi connectivity index (χ0n) is 11.3. The Morgan fingerprint density at radius 3 is 2.95 bits per heavy atom. The highest BCUT2D eigenvalue weighted by molar-refractivity contribution is 5.32. The third-order valence-corrected chi connectivity index (χ3v) is 3.93. The Kier molecular flexibility index (Phi) is 4.52. The van der Waals surface area contributed by atoms with Crippen molar-refractivity contribution < 1.29 is 4.39 Å². The lowest BCUT2D eigenvalue weighted by Gasteiger charge is -2.38. The molecule has 0 spiro atoms. The molecule has 0 saturated carbocycles. The van der Waals surface area contributed by atoms with Gasteiger partial charge in [-0.3, -0.25) is 4.90 Å². The van der Waals surface area contributed by atoms with Crippen LogP contribution in [-0.2, 0) is 6.54 Å². The summed E-state index contributed by atoms with van der Waals surface area (Å²) in [6.07, 6.45) is 2.21. The molecule has 102 valence electrons. The Labute approximate surface area is 113 Å². The van der Waals surface area contributed by atoms with E-state index in [1.54, 1.807) is 12.1 Å². The van der Waals surface area contributed by atoms with Crippen LogP contribution in [0.15, 0.2) is 18.2 Å². The number of nitriles is 1. The van der Waals surface area contributed by atoms with Gasteiger partial charge in [-0.15, -0.1) is 0 Å². The van der Waals surface area contributed by atoms with Crippen molar-refractivity contribution in [3.8, 4) is 6.07 Å². The molecule has 19 heavy (non-hydrogen) atoms. The zero-order valence-corrected chi connectivity index (χ0v) is 11.3. The fourth-order valence-electron chi connectivity index (χ4n) is 2.72. The van der Waals surface area contributed by atoms with Gasteiger partial charge in [0.25, 0.3) is 0 Å². The second kappa shape index (κ2) is 6.14. The number of nitrogens with two attached hydrogens (primary N) is 1. The summed E-state index contributed by atoms with van der Waals surface area (Å²) >= 11 is 0. The molecule has 1 saturated heterocycles. The third-order valence-electron chi connectivity index (χ3n) is 3.93. The molecule has 4 heteroatoms. The van der Waals surface area contributed by atoms with Crippen molar-refractivity contribution in [3.05, 3.63) is 35.1 Å². The van der Waals surface area contributed by atoms with E-state index in [0.29, 0.717) is 36.2 Å². The second-order valence-electron chi connectivity index (χ2n) is 5.41. The molecule has 1 aliphatic rings. The molecule has 3 nitrogen and oxygen atoms in total. The number of benzene rings is 1. The number of hydrogen-bond acceptors (Lipinski definition) is 3. The molecule has 0 aromatic heterocycles. The summed E-state index contributed by atoms with van der Waals surface area (Å²) < 4.78 is 13.9. The fourth-order valence-corrected chi connectivity index (χ4v) is 2.72. The number of nitrogens with zero attached hydrogens (tertiary/aromatic N) is 2. The lowest BCUT2D eigenvalue weighted by atomic mass is 9.92. The Morgan fingerprint density at radius 1 is 1.53 bits per heavy atom. The average Bonchev–Trinajstić information content (AvgIpc) is 2.42. The molecule has 0 bridgehead atoms. The molecule has 2 rings (SSSR count). The first-order valence-corrected chi connectivity index (χ1v) is 6.76. The van der Waals surface area contributed by atoms with Crippen LogP contribution in [0.25, 0.3) is 0 Å². The number of piperidine rings is 1. The Bertz CT molecular complexity index is 481. The number of halogens is 1. The number of hydrogen-bond donors (Lipinski definition) is 1. The molecule has 2 atom stereocenters. The van der Waals surface area contributed by atoms with E-state index < -0.39 is 0 Å². The molecule has 1 aliphatic heterocycles. The molecule has 1 heterocycles. The predicted molar refractivity (Wildman–Crippen MR) is 72.8 cm³/mol. The first kappa shape index (κ1) is 14.0. The fraction of sp³-hybridized carbons (Fsp3) is 0.533. The van der Waals surface area contributed by atoms with Gasteiger partial charge in [0.2, 0.25) is 0 Å². The number of rotatable bonds is 3. The highest BCUT2D eigenvalue weighted by Gasteiger charge is 2.25. The molecule has 1 fully saturated rings. The molecule has 2 N–H and O–H groups in total. The van der Waals surface area contributed by atoms with Crippen LogP contribution >= 0.6 is 0 Å². The van der Waals surface area contributed by atoms with Crippen molar-refractivity contribution in [1.29, 1.82) is 5.26 Å². The van der Waals surface area contributed by atoms with Gasteiger partial charge in [0.15, 0.2) is 0 Å². The van der Waals surface area contributed by atoms with E-state index in [1.165, 1.54) is 6.07 Å². The number of likely N-dealkylation sites (tertiary alicyclic amines) is 1. The van der Waals surface area contributed by atoms with E-state index in [2.05, 4.69) is 11.8 Å². The topological polar surface area (TPSA) is 53.0 Å². The van der Waals surface area contributed by atoms with Crippen molar-refractivity contribution in [2.75, 3.05) is 13.1 Å². The van der Waals surface area contributed by atoms with Crippen LogP contribution < -0.4 is 5.73 Å². The van der Waals surface area contributed by atoms with Gasteiger partial charge in [0.1, 0.15) is 5.82 Å². The lowest BCUT2D eigenvalue weighted by Crippen LogP contribution is -2.45. The standard InChI is InChI=1S/C15H20FN3/c1-11-4-5-19(14(6-11)9-18)10-13-3-2-12(8-17)7-15(13)16/h2-3,7,11,14H,4-6,9-10,18H2,1H3. The summed E-state index contributed by atoms with van der Waals surface area (Å²) in [5, 5.41) is 8.74. The van der Waals surface area contributed by atoms with E-state index in [4.69, 9.17) is 11.0 Å². The Hall–Kier alpha value is -1.44. The molecular weight excluding hydrogens is 241 g/mol. The molecule has 0 amide bonds. The normalized spacial score (nSPS) is 24.1. The highest BCUT2D eigenvalue weighted by atomic mass is 19.1. The van der Waals surface area contributed by atoms with E-state index in [9.17, 15) is 4.39 Å². The van der Waals surface area contributed by atoms with Gasteiger partial charge in [0, 0.05) is 24.7 Å². The Balaban J connectivity index is 2.10. The molecule has 2 unspecified atom stereocenters. The van der Waals surface area contributed by atoms with E-state index in [0.717, 1.165) is 19.4 Å². The summed E-state index contributed by atoms with van der Waals surface area (Å²) in [4.78, 5) is 2.25. The average molecular weight is 261 g/mol. The maximum absolute atomic E-state index is 13.9. The lowest BCUT2D eigenvalue weighted by molar-refractivity contribution is 0.114. The monoisotopic (exact) mass is 261 g/mol.